The number of carbonyl (C=O) groups excluding carboxylic acids is 1. The predicted octanol–water partition coefficient (Wildman–Crippen LogP) is 2.35. The number of aromatic nitrogens is 1. The smallest absolute Gasteiger partial charge is 0.244 e. The van der Waals surface area contributed by atoms with Crippen LogP contribution in [-0.4, -0.2) is 36.9 Å². The summed E-state index contributed by atoms with van der Waals surface area (Å²) in [5.41, 5.74) is 1.71. The van der Waals surface area contributed by atoms with Gasteiger partial charge in [-0.2, -0.15) is 0 Å². The fraction of sp³-hybridized carbons (Fsp3) is 0.333. The SMILES string of the molecule is Cc1nc(COc2cccc(/C=C/C(=O)NC3CCS(=O)(=O)C3)c2)cs1. The zero-order valence-corrected chi connectivity index (χ0v) is 16.0. The molecule has 6 nitrogen and oxygen atoms in total. The van der Waals surface area contributed by atoms with Gasteiger partial charge in [-0.1, -0.05) is 12.1 Å². The highest BCUT2D eigenvalue weighted by Gasteiger charge is 2.28. The third kappa shape index (κ3) is 5.40. The van der Waals surface area contributed by atoms with Crippen LogP contribution in [0.15, 0.2) is 35.7 Å². The van der Waals surface area contributed by atoms with Gasteiger partial charge in [-0.25, -0.2) is 13.4 Å². The minimum absolute atomic E-state index is 0.0198. The Morgan fingerprint density at radius 1 is 1.46 bits per heavy atom. The summed E-state index contributed by atoms with van der Waals surface area (Å²) in [6.45, 7) is 2.35. The normalized spacial score (nSPS) is 18.9. The molecular formula is C18H20N2O4S2. The van der Waals surface area contributed by atoms with Gasteiger partial charge in [0.15, 0.2) is 9.84 Å². The number of hydrogen-bond acceptors (Lipinski definition) is 6. The lowest BCUT2D eigenvalue weighted by atomic mass is 10.2. The van der Waals surface area contributed by atoms with Crippen LogP contribution in [0.3, 0.4) is 0 Å². The van der Waals surface area contributed by atoms with E-state index < -0.39 is 9.84 Å². The summed E-state index contributed by atoms with van der Waals surface area (Å²) >= 11 is 1.58. The van der Waals surface area contributed by atoms with Crippen molar-refractivity contribution in [1.82, 2.24) is 10.3 Å². The monoisotopic (exact) mass is 392 g/mol. The lowest BCUT2D eigenvalue weighted by Crippen LogP contribution is -2.34. The Morgan fingerprint density at radius 2 is 2.31 bits per heavy atom. The summed E-state index contributed by atoms with van der Waals surface area (Å²) in [5, 5.41) is 5.69. The fourth-order valence-electron chi connectivity index (χ4n) is 2.67. The highest BCUT2D eigenvalue weighted by Crippen LogP contribution is 2.17. The van der Waals surface area contributed by atoms with Crippen LogP contribution in [0.4, 0.5) is 0 Å². The van der Waals surface area contributed by atoms with E-state index in [4.69, 9.17) is 4.74 Å². The molecule has 0 spiro atoms. The Balaban J connectivity index is 1.54. The first-order valence-corrected chi connectivity index (χ1v) is 10.9. The van der Waals surface area contributed by atoms with E-state index in [1.54, 1.807) is 17.4 Å². The van der Waals surface area contributed by atoms with Crippen LogP contribution in [0.1, 0.15) is 22.7 Å². The molecular weight excluding hydrogens is 372 g/mol. The number of nitrogens with one attached hydrogen (secondary N) is 1. The third-order valence-electron chi connectivity index (χ3n) is 3.92. The summed E-state index contributed by atoms with van der Waals surface area (Å²) in [4.78, 5) is 16.3. The molecule has 2 heterocycles. The van der Waals surface area contributed by atoms with Crippen LogP contribution in [-0.2, 0) is 21.2 Å². The first-order chi connectivity index (χ1) is 12.4. The molecule has 1 aromatic heterocycles. The van der Waals surface area contributed by atoms with Gasteiger partial charge in [-0.05, 0) is 37.1 Å². The number of aryl methyl sites for hydroxylation is 1. The van der Waals surface area contributed by atoms with E-state index in [0.29, 0.717) is 18.8 Å². The molecule has 1 aliphatic heterocycles. The first kappa shape index (κ1) is 18.6. The van der Waals surface area contributed by atoms with Crippen molar-refractivity contribution in [3.8, 4) is 5.75 Å². The summed E-state index contributed by atoms with van der Waals surface area (Å²) in [6.07, 6.45) is 3.56. The van der Waals surface area contributed by atoms with E-state index in [1.165, 1.54) is 6.08 Å². The van der Waals surface area contributed by atoms with Crippen molar-refractivity contribution < 1.29 is 17.9 Å². The minimum Gasteiger partial charge on any atom is -0.487 e. The molecule has 0 aliphatic carbocycles. The molecule has 138 valence electrons. The molecule has 1 atom stereocenters. The number of carbonyl (C=O) groups is 1. The van der Waals surface area contributed by atoms with E-state index in [0.717, 1.165) is 16.3 Å². The Hall–Kier alpha value is -2.19. The molecule has 0 saturated carbocycles. The van der Waals surface area contributed by atoms with Gasteiger partial charge >= 0.3 is 0 Å². The highest BCUT2D eigenvalue weighted by atomic mass is 32.2. The Labute approximate surface area is 156 Å². The highest BCUT2D eigenvalue weighted by molar-refractivity contribution is 7.91. The largest absolute Gasteiger partial charge is 0.487 e. The van der Waals surface area contributed by atoms with E-state index in [9.17, 15) is 13.2 Å². The zero-order chi connectivity index (χ0) is 18.6. The van der Waals surface area contributed by atoms with Crippen molar-refractivity contribution in [2.45, 2.75) is 26.0 Å². The number of nitrogens with zero attached hydrogens (tertiary/aromatic N) is 1. The van der Waals surface area contributed by atoms with E-state index in [-0.39, 0.29) is 23.5 Å². The molecule has 0 bridgehead atoms. The third-order valence-corrected chi connectivity index (χ3v) is 6.51. The van der Waals surface area contributed by atoms with Crippen molar-refractivity contribution in [2.75, 3.05) is 11.5 Å². The van der Waals surface area contributed by atoms with E-state index in [2.05, 4.69) is 10.3 Å². The summed E-state index contributed by atoms with van der Waals surface area (Å²) < 4.78 is 28.6. The number of thiazole rings is 1. The number of ether oxygens (including phenoxy) is 1. The van der Waals surface area contributed by atoms with Crippen LogP contribution < -0.4 is 10.1 Å². The van der Waals surface area contributed by atoms with Crippen molar-refractivity contribution in [3.63, 3.8) is 0 Å². The zero-order valence-electron chi connectivity index (χ0n) is 14.3. The van der Waals surface area contributed by atoms with Gasteiger partial charge in [0.2, 0.25) is 5.91 Å². The van der Waals surface area contributed by atoms with Crippen LogP contribution in [0.2, 0.25) is 0 Å². The molecule has 1 fully saturated rings. The second kappa shape index (κ2) is 8.01. The van der Waals surface area contributed by atoms with Gasteiger partial charge in [-0.15, -0.1) is 11.3 Å². The first-order valence-electron chi connectivity index (χ1n) is 8.22. The Morgan fingerprint density at radius 3 is 3.00 bits per heavy atom. The van der Waals surface area contributed by atoms with Crippen LogP contribution in [0, 0.1) is 6.92 Å². The summed E-state index contributed by atoms with van der Waals surface area (Å²) in [7, 11) is -3.00. The standard InChI is InChI=1S/C18H20N2O4S2/c1-13-19-16(11-25-13)10-24-17-4-2-3-14(9-17)5-6-18(21)20-15-7-8-26(22,23)12-15/h2-6,9,11,15H,7-8,10,12H2,1H3,(H,20,21)/b6-5+. The molecule has 3 rings (SSSR count). The van der Waals surface area contributed by atoms with Gasteiger partial charge in [-0.3, -0.25) is 4.79 Å². The molecule has 2 aromatic rings. The summed E-state index contributed by atoms with van der Waals surface area (Å²) in [5.74, 6) is 0.558. The molecule has 1 saturated heterocycles. The number of benzene rings is 1. The molecule has 1 aromatic carbocycles. The quantitative estimate of drug-likeness (QED) is 0.763. The maximum absolute atomic E-state index is 12.0. The Bertz CT molecular complexity index is 919. The molecule has 0 radical (unpaired) electrons. The second-order valence-electron chi connectivity index (χ2n) is 6.16. The van der Waals surface area contributed by atoms with Gasteiger partial charge in [0.1, 0.15) is 12.4 Å². The lowest BCUT2D eigenvalue weighted by Gasteiger charge is -2.08. The number of rotatable bonds is 6. The lowest BCUT2D eigenvalue weighted by molar-refractivity contribution is -0.116. The fourth-order valence-corrected chi connectivity index (χ4v) is 4.94. The van der Waals surface area contributed by atoms with Gasteiger partial charge < -0.3 is 10.1 Å². The molecule has 1 N–H and O–H groups in total. The van der Waals surface area contributed by atoms with Crippen molar-refractivity contribution in [1.29, 1.82) is 0 Å². The number of hydrogen-bond donors (Lipinski definition) is 1. The van der Waals surface area contributed by atoms with Crippen LogP contribution >= 0.6 is 11.3 Å². The minimum atomic E-state index is -3.00. The molecule has 1 unspecified atom stereocenters. The van der Waals surface area contributed by atoms with Gasteiger partial charge in [0, 0.05) is 17.5 Å². The maximum Gasteiger partial charge on any atom is 0.244 e. The molecule has 26 heavy (non-hydrogen) atoms. The summed E-state index contributed by atoms with van der Waals surface area (Å²) in [6, 6.07) is 7.10. The average molecular weight is 393 g/mol. The van der Waals surface area contributed by atoms with Gasteiger partial charge in [0.05, 0.1) is 22.2 Å². The molecule has 1 amide bonds. The Kier molecular flexibility index (Phi) is 5.73. The molecule has 1 aliphatic rings. The average Bonchev–Trinajstić information content (AvgIpc) is 3.16. The van der Waals surface area contributed by atoms with Crippen molar-refractivity contribution in [2.24, 2.45) is 0 Å². The van der Waals surface area contributed by atoms with Crippen molar-refractivity contribution in [3.05, 3.63) is 52.0 Å². The van der Waals surface area contributed by atoms with Crippen LogP contribution in [0.25, 0.3) is 6.08 Å². The maximum atomic E-state index is 12.0. The van der Waals surface area contributed by atoms with E-state index >= 15 is 0 Å². The second-order valence-corrected chi connectivity index (χ2v) is 9.45. The van der Waals surface area contributed by atoms with E-state index in [1.807, 2.05) is 36.6 Å². The van der Waals surface area contributed by atoms with Crippen molar-refractivity contribution >= 4 is 33.2 Å². The van der Waals surface area contributed by atoms with Gasteiger partial charge in [0.25, 0.3) is 0 Å². The predicted molar refractivity (Wildman–Crippen MR) is 102 cm³/mol. The topological polar surface area (TPSA) is 85.4 Å². The molecule has 8 heteroatoms. The number of amides is 1. The van der Waals surface area contributed by atoms with Crippen LogP contribution in [0.5, 0.6) is 5.75 Å². The number of sulfone groups is 1.